The number of methoxy groups -OCH3 is 1. The number of aliphatic hydroxyl groups is 1. The Morgan fingerprint density at radius 3 is 2.68 bits per heavy atom. The number of carbonyl (C=O) groups excluding carboxylic acids is 1. The summed E-state index contributed by atoms with van der Waals surface area (Å²) in [5, 5.41) is 18.5. The molecule has 0 saturated carbocycles. The average Bonchev–Trinajstić information content (AvgIpc) is 3.25. The second-order valence-corrected chi connectivity index (χ2v) is 8.77. The van der Waals surface area contributed by atoms with E-state index in [9.17, 15) is 9.90 Å². The minimum atomic E-state index is -1.05. The van der Waals surface area contributed by atoms with Crippen LogP contribution in [0.2, 0.25) is 5.02 Å². The van der Waals surface area contributed by atoms with Crippen LogP contribution >= 0.6 is 11.6 Å². The molecule has 5 rings (SSSR count). The van der Waals surface area contributed by atoms with E-state index in [2.05, 4.69) is 20.6 Å². The summed E-state index contributed by atoms with van der Waals surface area (Å²) in [6.45, 7) is 1.92. The van der Waals surface area contributed by atoms with Crippen LogP contribution in [-0.4, -0.2) is 40.2 Å². The summed E-state index contributed by atoms with van der Waals surface area (Å²) in [4.78, 5) is 20.1. The third-order valence-corrected chi connectivity index (χ3v) is 6.18. The molecule has 2 aromatic heterocycles. The highest BCUT2D eigenvalue weighted by atomic mass is 35.5. The fourth-order valence-corrected chi connectivity index (χ4v) is 4.40. The number of carbonyl (C=O) groups is 1. The first-order valence-corrected chi connectivity index (χ1v) is 11.1. The van der Waals surface area contributed by atoms with E-state index < -0.39 is 11.6 Å². The van der Waals surface area contributed by atoms with E-state index >= 15 is 0 Å². The molecule has 1 aliphatic heterocycles. The Labute approximate surface area is 200 Å². The molecule has 0 radical (unpaired) electrons. The van der Waals surface area contributed by atoms with Crippen LogP contribution in [0.5, 0.6) is 11.5 Å². The van der Waals surface area contributed by atoms with Crippen LogP contribution in [0.25, 0.3) is 11.0 Å². The summed E-state index contributed by atoms with van der Waals surface area (Å²) in [5.74, 6) is 1.02. The third-order valence-electron chi connectivity index (χ3n) is 5.86. The maximum Gasteiger partial charge on any atom is 0.252 e. The summed E-state index contributed by atoms with van der Waals surface area (Å²) in [6, 6.07) is 14.5. The molecule has 0 bridgehead atoms. The predicted octanol–water partition coefficient (Wildman–Crippen LogP) is 4.86. The van der Waals surface area contributed by atoms with Crippen molar-refractivity contribution in [3.63, 3.8) is 0 Å². The van der Waals surface area contributed by atoms with E-state index in [1.807, 2.05) is 30.3 Å². The van der Waals surface area contributed by atoms with Crippen LogP contribution in [0.3, 0.4) is 0 Å². The average molecular weight is 479 g/mol. The number of hydrogen-bond acceptors (Lipinski definition) is 6. The molecule has 0 aliphatic carbocycles. The molecule has 174 valence electrons. The smallest absolute Gasteiger partial charge is 0.252 e. The molecule has 1 unspecified atom stereocenters. The largest absolute Gasteiger partial charge is 0.457 e. The van der Waals surface area contributed by atoms with Crippen molar-refractivity contribution in [3.05, 3.63) is 77.1 Å². The van der Waals surface area contributed by atoms with E-state index in [0.717, 1.165) is 0 Å². The second-order valence-electron chi connectivity index (χ2n) is 8.36. The molecule has 9 heteroatoms. The zero-order valence-corrected chi connectivity index (χ0v) is 19.3. The van der Waals surface area contributed by atoms with Crippen LogP contribution in [0.1, 0.15) is 24.2 Å². The van der Waals surface area contributed by atoms with Crippen molar-refractivity contribution in [2.75, 3.05) is 24.4 Å². The molecule has 0 spiro atoms. The topological polar surface area (TPSA) is 108 Å². The number of rotatable bonds is 6. The van der Waals surface area contributed by atoms with E-state index in [0.29, 0.717) is 50.1 Å². The summed E-state index contributed by atoms with van der Waals surface area (Å²) >= 11 is 6.55. The second kappa shape index (κ2) is 8.64. The fraction of sp³-hybridized carbons (Fsp3) is 0.200. The minimum Gasteiger partial charge on any atom is -0.457 e. The van der Waals surface area contributed by atoms with Gasteiger partial charge in [-0.15, -0.1) is 0 Å². The molecular formula is C25H23ClN4O4. The van der Waals surface area contributed by atoms with Gasteiger partial charge in [0.2, 0.25) is 0 Å². The van der Waals surface area contributed by atoms with Crippen LogP contribution in [0.15, 0.2) is 60.9 Å². The van der Waals surface area contributed by atoms with Gasteiger partial charge in [0.1, 0.15) is 28.8 Å². The van der Waals surface area contributed by atoms with E-state index in [1.54, 1.807) is 37.5 Å². The molecule has 1 aliphatic rings. The summed E-state index contributed by atoms with van der Waals surface area (Å²) < 4.78 is 11.1. The lowest BCUT2D eigenvalue weighted by Gasteiger charge is -2.35. The summed E-state index contributed by atoms with van der Waals surface area (Å²) in [7, 11) is 1.54. The molecule has 4 N–H and O–H groups in total. The Balaban J connectivity index is 1.52. The lowest BCUT2D eigenvalue weighted by Crippen LogP contribution is -2.53. The zero-order valence-electron chi connectivity index (χ0n) is 18.6. The van der Waals surface area contributed by atoms with Crippen LogP contribution in [0, 0.1) is 0 Å². The maximum atomic E-state index is 12.6. The normalized spacial score (nSPS) is 18.2. The number of ether oxygens (including phenoxy) is 2. The number of pyridine rings is 1. The molecule has 34 heavy (non-hydrogen) atoms. The van der Waals surface area contributed by atoms with Gasteiger partial charge in [0.05, 0.1) is 34.6 Å². The van der Waals surface area contributed by atoms with Gasteiger partial charge >= 0.3 is 0 Å². The quantitative estimate of drug-likeness (QED) is 0.315. The lowest BCUT2D eigenvalue weighted by atomic mass is 9.95. The highest BCUT2D eigenvalue weighted by Gasteiger charge is 2.39. The van der Waals surface area contributed by atoms with Crippen molar-refractivity contribution in [3.8, 4) is 11.5 Å². The van der Waals surface area contributed by atoms with Gasteiger partial charge in [-0.2, -0.15) is 0 Å². The maximum absolute atomic E-state index is 12.6. The Hall–Kier alpha value is -3.59. The number of hydrogen-bond donors (Lipinski definition) is 4. The molecule has 2 atom stereocenters. The number of fused-ring (bicyclic) bond motifs is 3. The van der Waals surface area contributed by atoms with Crippen LogP contribution in [-0.2, 0) is 9.53 Å². The molecule has 8 nitrogen and oxygen atoms in total. The standard InChI is InChI=1S/C25H23ClN4O4/c1-25(13-33-2)24(32)29-19-12-28-23-20(21(19)30-25)17(11-27-23)22(31)16-9-8-15(10-18(16)26)34-14-6-4-3-5-7-14/h3-12,22,30-31H,13H2,1-2H3,(H,27,28)(H,29,32)/t22?,25-/m0/s1. The lowest BCUT2D eigenvalue weighted by molar-refractivity contribution is -0.121. The van der Waals surface area contributed by atoms with Gasteiger partial charge in [-0.25, -0.2) is 4.98 Å². The number of nitrogens with one attached hydrogen (secondary N) is 3. The number of halogens is 1. The van der Waals surface area contributed by atoms with Crippen molar-refractivity contribution in [2.24, 2.45) is 0 Å². The van der Waals surface area contributed by atoms with Crippen molar-refractivity contribution in [2.45, 2.75) is 18.6 Å². The van der Waals surface area contributed by atoms with Gasteiger partial charge in [-0.1, -0.05) is 35.9 Å². The first-order valence-electron chi connectivity index (χ1n) is 10.7. The third kappa shape index (κ3) is 3.86. The predicted molar refractivity (Wildman–Crippen MR) is 131 cm³/mol. The Morgan fingerprint density at radius 1 is 1.15 bits per heavy atom. The molecule has 0 saturated heterocycles. The first kappa shape index (κ1) is 22.2. The van der Waals surface area contributed by atoms with Crippen molar-refractivity contribution >= 4 is 39.9 Å². The molecule has 1 amide bonds. The minimum absolute atomic E-state index is 0.166. The number of H-pyrrole nitrogens is 1. The van der Waals surface area contributed by atoms with E-state index in [-0.39, 0.29) is 12.5 Å². The molecule has 0 fully saturated rings. The number of aromatic amines is 1. The zero-order chi connectivity index (χ0) is 23.9. The summed E-state index contributed by atoms with van der Waals surface area (Å²) in [5.41, 5.74) is 1.85. The van der Waals surface area contributed by atoms with Crippen molar-refractivity contribution in [1.29, 1.82) is 0 Å². The SMILES string of the molecule is COC[C@]1(C)Nc2c(cnc3[nH]cc(C(O)c4ccc(Oc5ccccc5)cc4Cl)c23)NC1=O. The summed E-state index contributed by atoms with van der Waals surface area (Å²) in [6.07, 6.45) is 2.22. The van der Waals surface area contributed by atoms with E-state index in [1.165, 1.54) is 7.11 Å². The number of para-hydroxylation sites is 1. The number of aliphatic hydroxyl groups excluding tert-OH is 1. The molecular weight excluding hydrogens is 456 g/mol. The van der Waals surface area contributed by atoms with Gasteiger partial charge in [0, 0.05) is 24.4 Å². The van der Waals surface area contributed by atoms with Gasteiger partial charge in [0.15, 0.2) is 0 Å². The highest BCUT2D eigenvalue weighted by molar-refractivity contribution is 6.31. The first-order chi connectivity index (χ1) is 16.4. The number of amides is 1. The highest BCUT2D eigenvalue weighted by Crippen LogP contribution is 2.42. The number of benzene rings is 2. The van der Waals surface area contributed by atoms with Gasteiger partial charge in [0.25, 0.3) is 5.91 Å². The van der Waals surface area contributed by atoms with Crippen molar-refractivity contribution in [1.82, 2.24) is 9.97 Å². The van der Waals surface area contributed by atoms with Crippen LogP contribution < -0.4 is 15.4 Å². The monoisotopic (exact) mass is 478 g/mol. The molecule has 3 heterocycles. The van der Waals surface area contributed by atoms with Gasteiger partial charge in [-0.3, -0.25) is 4.79 Å². The van der Waals surface area contributed by atoms with Crippen LogP contribution in [0.4, 0.5) is 11.4 Å². The fourth-order valence-electron chi connectivity index (χ4n) is 4.13. The van der Waals surface area contributed by atoms with Crippen molar-refractivity contribution < 1.29 is 19.4 Å². The van der Waals surface area contributed by atoms with E-state index in [4.69, 9.17) is 21.1 Å². The Bertz CT molecular complexity index is 1370. The van der Waals surface area contributed by atoms with Gasteiger partial charge in [-0.05, 0) is 31.2 Å². The Kier molecular flexibility index (Phi) is 5.65. The molecule has 2 aromatic carbocycles. The molecule has 4 aromatic rings. The Morgan fingerprint density at radius 2 is 1.94 bits per heavy atom. The van der Waals surface area contributed by atoms with Gasteiger partial charge < -0.3 is 30.2 Å². The number of anilines is 2. The number of nitrogens with zero attached hydrogens (tertiary/aromatic N) is 1. The number of aromatic nitrogens is 2.